The van der Waals surface area contributed by atoms with Gasteiger partial charge in [0.15, 0.2) is 11.6 Å². The summed E-state index contributed by atoms with van der Waals surface area (Å²) in [7, 11) is 0. The highest BCUT2D eigenvalue weighted by atomic mass is 16.5. The Bertz CT molecular complexity index is 580. The Labute approximate surface area is 117 Å². The minimum atomic E-state index is 0.457. The van der Waals surface area contributed by atoms with Crippen LogP contribution in [0.4, 0.5) is 0 Å². The number of hydrogen-bond acceptors (Lipinski definition) is 6. The molecular weight excluding hydrogens is 256 g/mol. The van der Waals surface area contributed by atoms with Gasteiger partial charge >= 0.3 is 0 Å². The smallest absolute Gasteiger partial charge is 0.293 e. The molecular formula is C14H18N4O2. The molecule has 0 saturated carbocycles. The summed E-state index contributed by atoms with van der Waals surface area (Å²) in [5.41, 5.74) is 0. The molecule has 2 aromatic rings. The molecule has 0 radical (unpaired) electrons. The zero-order valence-corrected chi connectivity index (χ0v) is 11.5. The Kier molecular flexibility index (Phi) is 2.85. The third kappa shape index (κ3) is 1.96. The van der Waals surface area contributed by atoms with Gasteiger partial charge in [0.2, 0.25) is 0 Å². The first-order valence-electron chi connectivity index (χ1n) is 7.12. The number of likely N-dealkylation sites (tertiary alicyclic amines) is 1. The first kappa shape index (κ1) is 12.1. The molecule has 2 aliphatic heterocycles. The Morgan fingerprint density at radius 3 is 3.20 bits per heavy atom. The van der Waals surface area contributed by atoms with Crippen LogP contribution < -0.4 is 5.32 Å². The van der Waals surface area contributed by atoms with Gasteiger partial charge in [0.05, 0.1) is 12.8 Å². The van der Waals surface area contributed by atoms with Crippen molar-refractivity contribution in [3.63, 3.8) is 0 Å². The second-order valence-electron chi connectivity index (χ2n) is 5.75. The van der Waals surface area contributed by atoms with Crippen LogP contribution in [0.25, 0.3) is 11.7 Å². The maximum absolute atomic E-state index is 5.27. The van der Waals surface area contributed by atoms with Crippen LogP contribution in [0.3, 0.4) is 0 Å². The lowest BCUT2D eigenvalue weighted by Crippen LogP contribution is -2.33. The number of furan rings is 1. The number of nitrogens with one attached hydrogen (secondary N) is 1. The van der Waals surface area contributed by atoms with Gasteiger partial charge in [-0.3, -0.25) is 4.90 Å². The van der Waals surface area contributed by atoms with Crippen molar-refractivity contribution in [2.45, 2.75) is 19.5 Å². The molecule has 2 aromatic heterocycles. The van der Waals surface area contributed by atoms with Crippen molar-refractivity contribution in [2.24, 2.45) is 11.8 Å². The SMILES string of the molecule is CC1C2CNCC2CN1Cc1noc(-c2ccco2)n1. The van der Waals surface area contributed by atoms with Crippen molar-refractivity contribution in [2.75, 3.05) is 19.6 Å². The van der Waals surface area contributed by atoms with Crippen LogP contribution in [0.1, 0.15) is 12.7 Å². The summed E-state index contributed by atoms with van der Waals surface area (Å²) in [6.07, 6.45) is 1.61. The van der Waals surface area contributed by atoms with E-state index in [9.17, 15) is 0 Å². The first-order chi connectivity index (χ1) is 9.81. The van der Waals surface area contributed by atoms with Gasteiger partial charge in [0.1, 0.15) is 0 Å². The van der Waals surface area contributed by atoms with E-state index in [1.165, 1.54) is 0 Å². The third-order valence-electron chi connectivity index (χ3n) is 4.60. The molecule has 20 heavy (non-hydrogen) atoms. The van der Waals surface area contributed by atoms with E-state index < -0.39 is 0 Å². The zero-order valence-electron chi connectivity index (χ0n) is 11.5. The number of hydrogen-bond donors (Lipinski definition) is 1. The van der Waals surface area contributed by atoms with Crippen LogP contribution >= 0.6 is 0 Å². The fourth-order valence-corrected chi connectivity index (χ4v) is 3.46. The summed E-state index contributed by atoms with van der Waals surface area (Å²) in [5, 5.41) is 7.53. The lowest BCUT2D eigenvalue weighted by molar-refractivity contribution is 0.223. The van der Waals surface area contributed by atoms with Crippen LogP contribution in [0.15, 0.2) is 27.3 Å². The average molecular weight is 274 g/mol. The van der Waals surface area contributed by atoms with E-state index in [0.717, 1.165) is 43.8 Å². The molecule has 2 aliphatic rings. The fraction of sp³-hybridized carbons (Fsp3) is 0.571. The van der Waals surface area contributed by atoms with E-state index >= 15 is 0 Å². The summed E-state index contributed by atoms with van der Waals surface area (Å²) in [6.45, 7) is 6.43. The van der Waals surface area contributed by atoms with E-state index in [1.807, 2.05) is 12.1 Å². The van der Waals surface area contributed by atoms with Crippen LogP contribution in [0.5, 0.6) is 0 Å². The molecule has 4 heterocycles. The van der Waals surface area contributed by atoms with Gasteiger partial charge in [0.25, 0.3) is 5.89 Å². The van der Waals surface area contributed by atoms with Crippen molar-refractivity contribution in [1.82, 2.24) is 20.4 Å². The molecule has 0 amide bonds. The van der Waals surface area contributed by atoms with Crippen LogP contribution in [0, 0.1) is 11.8 Å². The molecule has 3 atom stereocenters. The fourth-order valence-electron chi connectivity index (χ4n) is 3.46. The average Bonchev–Trinajstić information content (AvgIpc) is 3.19. The predicted octanol–water partition coefficient (Wildman–Crippen LogP) is 1.37. The van der Waals surface area contributed by atoms with Gasteiger partial charge < -0.3 is 14.3 Å². The predicted molar refractivity (Wildman–Crippen MR) is 71.7 cm³/mol. The van der Waals surface area contributed by atoms with Gasteiger partial charge in [-0.15, -0.1) is 0 Å². The summed E-state index contributed by atoms with van der Waals surface area (Å²) in [6, 6.07) is 4.21. The number of nitrogens with zero attached hydrogens (tertiary/aromatic N) is 3. The van der Waals surface area contributed by atoms with E-state index in [4.69, 9.17) is 8.94 Å². The topological polar surface area (TPSA) is 67.3 Å². The Balaban J connectivity index is 1.47. The normalized spacial score (nSPS) is 29.9. The quantitative estimate of drug-likeness (QED) is 0.911. The summed E-state index contributed by atoms with van der Waals surface area (Å²) < 4.78 is 10.5. The zero-order chi connectivity index (χ0) is 13.5. The molecule has 106 valence electrons. The molecule has 2 saturated heterocycles. The van der Waals surface area contributed by atoms with Crippen molar-refractivity contribution in [3.05, 3.63) is 24.2 Å². The largest absolute Gasteiger partial charge is 0.459 e. The number of fused-ring (bicyclic) bond motifs is 1. The molecule has 1 N–H and O–H groups in total. The minimum absolute atomic E-state index is 0.457. The lowest BCUT2D eigenvalue weighted by Gasteiger charge is -2.22. The highest BCUT2D eigenvalue weighted by molar-refractivity contribution is 5.42. The first-order valence-corrected chi connectivity index (χ1v) is 7.12. The highest BCUT2D eigenvalue weighted by Crippen LogP contribution is 2.33. The van der Waals surface area contributed by atoms with Crippen LogP contribution in [0.2, 0.25) is 0 Å². The van der Waals surface area contributed by atoms with Crippen molar-refractivity contribution in [1.29, 1.82) is 0 Å². The van der Waals surface area contributed by atoms with E-state index in [-0.39, 0.29) is 0 Å². The van der Waals surface area contributed by atoms with Crippen LogP contribution in [-0.2, 0) is 6.54 Å². The van der Waals surface area contributed by atoms with Crippen molar-refractivity contribution in [3.8, 4) is 11.7 Å². The second-order valence-corrected chi connectivity index (χ2v) is 5.75. The van der Waals surface area contributed by atoms with E-state index in [0.29, 0.717) is 17.7 Å². The van der Waals surface area contributed by atoms with Gasteiger partial charge in [-0.2, -0.15) is 4.98 Å². The standard InChI is InChI=1S/C14H18N4O2/c1-9-11-6-15-5-10(11)7-18(9)8-13-16-14(20-17-13)12-3-2-4-19-12/h2-4,9-11,15H,5-8H2,1H3. The Hall–Kier alpha value is -1.66. The highest BCUT2D eigenvalue weighted by Gasteiger charge is 2.41. The molecule has 6 nitrogen and oxygen atoms in total. The Morgan fingerprint density at radius 2 is 2.40 bits per heavy atom. The molecule has 0 bridgehead atoms. The maximum Gasteiger partial charge on any atom is 0.293 e. The third-order valence-corrected chi connectivity index (χ3v) is 4.60. The molecule has 3 unspecified atom stereocenters. The molecule has 6 heteroatoms. The van der Waals surface area contributed by atoms with Gasteiger partial charge in [-0.25, -0.2) is 0 Å². The molecule has 2 fully saturated rings. The number of rotatable bonds is 3. The van der Waals surface area contributed by atoms with E-state index in [2.05, 4.69) is 27.3 Å². The molecule has 0 spiro atoms. The summed E-state index contributed by atoms with van der Waals surface area (Å²) in [4.78, 5) is 6.87. The van der Waals surface area contributed by atoms with Gasteiger partial charge in [-0.05, 0) is 44.0 Å². The van der Waals surface area contributed by atoms with Gasteiger partial charge in [0, 0.05) is 12.6 Å². The lowest BCUT2D eigenvalue weighted by atomic mass is 9.95. The van der Waals surface area contributed by atoms with E-state index in [1.54, 1.807) is 6.26 Å². The second kappa shape index (κ2) is 4.71. The minimum Gasteiger partial charge on any atom is -0.459 e. The molecule has 0 aromatic carbocycles. The van der Waals surface area contributed by atoms with Gasteiger partial charge in [-0.1, -0.05) is 5.16 Å². The van der Waals surface area contributed by atoms with Crippen LogP contribution in [-0.4, -0.2) is 40.7 Å². The Morgan fingerprint density at radius 1 is 1.45 bits per heavy atom. The van der Waals surface area contributed by atoms with Crippen molar-refractivity contribution < 1.29 is 8.94 Å². The summed E-state index contributed by atoms with van der Waals surface area (Å²) >= 11 is 0. The monoisotopic (exact) mass is 274 g/mol. The molecule has 0 aliphatic carbocycles. The maximum atomic E-state index is 5.27. The summed E-state index contributed by atoms with van der Waals surface area (Å²) in [5.74, 6) is 3.34. The van der Waals surface area contributed by atoms with Crippen molar-refractivity contribution >= 4 is 0 Å². The molecule has 4 rings (SSSR count). The number of aromatic nitrogens is 2.